The van der Waals surface area contributed by atoms with Crippen molar-refractivity contribution in [2.45, 2.75) is 39.9 Å². The molecule has 3 heterocycles. The monoisotopic (exact) mass is 422 g/mol. The van der Waals surface area contributed by atoms with E-state index in [1.54, 1.807) is 11.3 Å². The first-order chi connectivity index (χ1) is 13.6. The number of carbonyl (C=O) groups is 1. The molecule has 1 N–H and O–H groups in total. The molecule has 0 atom stereocenters. The maximum Gasteiger partial charge on any atom is 0.234 e. The Balaban J connectivity index is 1.54. The van der Waals surface area contributed by atoms with Gasteiger partial charge in [0, 0.05) is 39.3 Å². The highest BCUT2D eigenvalue weighted by Gasteiger charge is 2.20. The Morgan fingerprint density at radius 2 is 2.00 bits per heavy atom. The molecule has 1 saturated heterocycles. The lowest BCUT2D eigenvalue weighted by Crippen LogP contribution is -2.49. The van der Waals surface area contributed by atoms with Crippen LogP contribution in [0.15, 0.2) is 17.5 Å². The maximum atomic E-state index is 12.0. The number of carbonyl (C=O) groups excluding carboxylic acids is 1. The summed E-state index contributed by atoms with van der Waals surface area (Å²) in [6.45, 7) is 10.6. The molecule has 28 heavy (non-hydrogen) atoms. The van der Waals surface area contributed by atoms with E-state index in [0.29, 0.717) is 13.2 Å². The summed E-state index contributed by atoms with van der Waals surface area (Å²) < 4.78 is 4.79. The van der Waals surface area contributed by atoms with Gasteiger partial charge in [-0.15, -0.1) is 16.4 Å². The Bertz CT molecular complexity index is 805. The zero-order valence-electron chi connectivity index (χ0n) is 16.8. The Labute approximate surface area is 175 Å². The molecule has 0 unspecified atom stereocenters. The summed E-state index contributed by atoms with van der Waals surface area (Å²) in [6, 6.07) is 4.13. The molecule has 0 spiro atoms. The van der Waals surface area contributed by atoms with Crippen LogP contribution in [0.25, 0.3) is 10.7 Å². The zero-order chi connectivity index (χ0) is 19.9. The van der Waals surface area contributed by atoms with Crippen molar-refractivity contribution in [1.82, 2.24) is 29.5 Å². The van der Waals surface area contributed by atoms with Gasteiger partial charge in [0.25, 0.3) is 0 Å². The van der Waals surface area contributed by atoms with E-state index >= 15 is 0 Å². The minimum Gasteiger partial charge on any atom is -0.355 e. The lowest BCUT2D eigenvalue weighted by molar-refractivity contribution is -0.122. The van der Waals surface area contributed by atoms with E-state index in [1.807, 2.05) is 10.7 Å². The second kappa shape index (κ2) is 10.3. The van der Waals surface area contributed by atoms with Gasteiger partial charge in [0.05, 0.1) is 18.1 Å². The van der Waals surface area contributed by atoms with Crippen LogP contribution in [0.1, 0.15) is 26.7 Å². The van der Waals surface area contributed by atoms with Crippen LogP contribution in [-0.2, 0) is 18.0 Å². The third-order valence-electron chi connectivity index (χ3n) is 5.00. The van der Waals surface area contributed by atoms with Crippen LogP contribution in [0, 0.1) is 4.77 Å². The van der Waals surface area contributed by atoms with Gasteiger partial charge in [-0.25, -0.2) is 4.68 Å². The molecule has 0 aromatic carbocycles. The summed E-state index contributed by atoms with van der Waals surface area (Å²) in [5.41, 5.74) is 0. The Morgan fingerprint density at radius 1 is 1.25 bits per heavy atom. The molecule has 1 amide bonds. The number of nitrogens with zero attached hydrogens (tertiary/aromatic N) is 5. The lowest BCUT2D eigenvalue weighted by Gasteiger charge is -2.33. The molecule has 2 aromatic heterocycles. The van der Waals surface area contributed by atoms with Gasteiger partial charge >= 0.3 is 0 Å². The highest BCUT2D eigenvalue weighted by molar-refractivity contribution is 7.71. The molecule has 154 valence electrons. The number of unbranched alkanes of at least 4 members (excludes halogenated alkanes) is 1. The number of amides is 1. The van der Waals surface area contributed by atoms with E-state index < -0.39 is 0 Å². The predicted octanol–water partition coefficient (Wildman–Crippen LogP) is 2.65. The Kier molecular flexibility index (Phi) is 7.78. The first kappa shape index (κ1) is 21.2. The Hall–Kier alpha value is -1.55. The average molecular weight is 423 g/mol. The zero-order valence-corrected chi connectivity index (χ0v) is 18.4. The van der Waals surface area contributed by atoms with Crippen LogP contribution >= 0.6 is 23.6 Å². The van der Waals surface area contributed by atoms with Gasteiger partial charge in [-0.05, 0) is 37.0 Å². The van der Waals surface area contributed by atoms with Gasteiger partial charge in [0.1, 0.15) is 0 Å². The molecule has 0 saturated carbocycles. The molecule has 0 radical (unpaired) electrons. The first-order valence-electron chi connectivity index (χ1n) is 10.0. The van der Waals surface area contributed by atoms with E-state index in [0.717, 1.165) is 67.6 Å². The molecule has 9 heteroatoms. The Morgan fingerprint density at radius 3 is 2.64 bits per heavy atom. The largest absolute Gasteiger partial charge is 0.355 e. The predicted molar refractivity (Wildman–Crippen MR) is 116 cm³/mol. The van der Waals surface area contributed by atoms with E-state index in [9.17, 15) is 4.79 Å². The van der Waals surface area contributed by atoms with Crippen molar-refractivity contribution in [1.29, 1.82) is 0 Å². The van der Waals surface area contributed by atoms with Crippen LogP contribution in [-0.4, -0.2) is 69.3 Å². The van der Waals surface area contributed by atoms with Crippen LogP contribution in [0.2, 0.25) is 0 Å². The van der Waals surface area contributed by atoms with Crippen molar-refractivity contribution in [2.75, 3.05) is 39.3 Å². The summed E-state index contributed by atoms with van der Waals surface area (Å²) >= 11 is 7.35. The van der Waals surface area contributed by atoms with Crippen LogP contribution in [0.3, 0.4) is 0 Å². The fraction of sp³-hybridized carbons (Fsp3) is 0.632. The van der Waals surface area contributed by atoms with Crippen molar-refractivity contribution >= 4 is 29.5 Å². The van der Waals surface area contributed by atoms with Crippen molar-refractivity contribution < 1.29 is 4.79 Å². The number of hydrogen-bond acceptors (Lipinski definition) is 6. The second-order valence-corrected chi connectivity index (χ2v) is 8.38. The molecular weight excluding hydrogens is 392 g/mol. The van der Waals surface area contributed by atoms with Crippen molar-refractivity contribution in [3.63, 3.8) is 0 Å². The highest BCUT2D eigenvalue weighted by Crippen LogP contribution is 2.23. The molecule has 3 rings (SSSR count). The summed E-state index contributed by atoms with van der Waals surface area (Å²) in [6.07, 6.45) is 2.14. The number of hydrogen-bond donors (Lipinski definition) is 1. The molecule has 0 bridgehead atoms. The number of rotatable bonds is 9. The molecule has 7 nitrogen and oxygen atoms in total. The SMILES string of the molecule is CCCCNC(=O)CN1CCN(Cn2nc(-c3cccs3)n(CC)c2=S)CC1. The number of aromatic nitrogens is 3. The standard InChI is InChI=1S/C19H30N6OS2/c1-3-5-8-20-17(26)14-22-9-11-23(12-10-22)15-25-19(27)24(4-2)18(21-25)16-7-6-13-28-16/h6-7,13H,3-5,8-12,14-15H2,1-2H3,(H,20,26). The number of piperazine rings is 1. The third kappa shape index (κ3) is 5.28. The van der Waals surface area contributed by atoms with Crippen molar-refractivity contribution in [3.05, 3.63) is 22.3 Å². The molecule has 1 aliphatic heterocycles. The second-order valence-electron chi connectivity index (χ2n) is 7.07. The normalized spacial score (nSPS) is 15.8. The van der Waals surface area contributed by atoms with Gasteiger partial charge in [0.15, 0.2) is 10.6 Å². The quantitative estimate of drug-likeness (QED) is 0.497. The highest BCUT2D eigenvalue weighted by atomic mass is 32.1. The number of nitrogens with one attached hydrogen (secondary N) is 1. The van der Waals surface area contributed by atoms with Crippen LogP contribution < -0.4 is 5.32 Å². The fourth-order valence-corrected chi connectivity index (χ4v) is 4.38. The topological polar surface area (TPSA) is 58.3 Å². The van der Waals surface area contributed by atoms with Crippen LogP contribution in [0.4, 0.5) is 0 Å². The average Bonchev–Trinajstić information content (AvgIpc) is 3.32. The van der Waals surface area contributed by atoms with Gasteiger partial charge in [-0.3, -0.25) is 19.2 Å². The fourth-order valence-electron chi connectivity index (χ4n) is 3.35. The summed E-state index contributed by atoms with van der Waals surface area (Å²) in [4.78, 5) is 17.7. The minimum atomic E-state index is 0.131. The smallest absolute Gasteiger partial charge is 0.234 e. The van der Waals surface area contributed by atoms with Crippen molar-refractivity contribution in [2.24, 2.45) is 0 Å². The van der Waals surface area contributed by atoms with E-state index in [-0.39, 0.29) is 5.91 Å². The summed E-state index contributed by atoms with van der Waals surface area (Å²) in [7, 11) is 0. The summed E-state index contributed by atoms with van der Waals surface area (Å²) in [5.74, 6) is 1.08. The maximum absolute atomic E-state index is 12.0. The van der Waals surface area contributed by atoms with Crippen LogP contribution in [0.5, 0.6) is 0 Å². The van der Waals surface area contributed by atoms with Gasteiger partial charge in [-0.2, -0.15) is 0 Å². The lowest BCUT2D eigenvalue weighted by atomic mass is 10.3. The minimum absolute atomic E-state index is 0.131. The third-order valence-corrected chi connectivity index (χ3v) is 6.30. The molecule has 0 aliphatic carbocycles. The van der Waals surface area contributed by atoms with Gasteiger partial charge in [0.2, 0.25) is 5.91 Å². The molecule has 1 fully saturated rings. The van der Waals surface area contributed by atoms with Crippen molar-refractivity contribution in [3.8, 4) is 10.7 Å². The van der Waals surface area contributed by atoms with Gasteiger partial charge in [-0.1, -0.05) is 19.4 Å². The molecular formula is C19H30N6OS2. The van der Waals surface area contributed by atoms with E-state index in [2.05, 4.69) is 45.0 Å². The molecule has 2 aromatic rings. The van der Waals surface area contributed by atoms with Gasteiger partial charge < -0.3 is 5.32 Å². The van der Waals surface area contributed by atoms with E-state index in [1.165, 1.54) is 0 Å². The summed E-state index contributed by atoms with van der Waals surface area (Å²) in [5, 5.41) is 9.85. The van der Waals surface area contributed by atoms with E-state index in [4.69, 9.17) is 17.3 Å². The number of thiophene rings is 1. The molecule has 1 aliphatic rings. The first-order valence-corrected chi connectivity index (χ1v) is 11.3.